The van der Waals surface area contributed by atoms with Crippen LogP contribution in [0.25, 0.3) is 0 Å². The van der Waals surface area contributed by atoms with E-state index in [1.165, 1.54) is 5.57 Å². The second-order valence-electron chi connectivity index (χ2n) is 9.53. The summed E-state index contributed by atoms with van der Waals surface area (Å²) in [5.74, 6) is 2.19. The van der Waals surface area contributed by atoms with E-state index < -0.39 is 10.1 Å². The molecule has 3 saturated carbocycles. The highest BCUT2D eigenvalue weighted by molar-refractivity contribution is 7.85. The lowest BCUT2D eigenvalue weighted by molar-refractivity contribution is -0.131. The fourth-order valence-electron chi connectivity index (χ4n) is 6.95. The lowest BCUT2D eigenvalue weighted by atomic mass is 9.47. The second kappa shape index (κ2) is 5.66. The van der Waals surface area contributed by atoms with Crippen molar-refractivity contribution in [1.82, 2.24) is 0 Å². The smallest absolute Gasteiger partial charge is 0.265 e. The number of rotatable bonds is 2. The minimum atomic E-state index is -3.90. The van der Waals surface area contributed by atoms with E-state index in [1.807, 2.05) is 0 Å². The van der Waals surface area contributed by atoms with E-state index in [0.29, 0.717) is 23.5 Å². The topological polar surface area (TPSA) is 71.4 Å². The number of Topliss-reactive ketones (excluding diaryl/α,β-unsaturated/α-hetero) is 1. The van der Waals surface area contributed by atoms with Gasteiger partial charge in [-0.25, -0.2) is 0 Å². The first-order chi connectivity index (χ1) is 11.6. The van der Waals surface area contributed by atoms with Gasteiger partial charge < -0.3 is 0 Å². The molecule has 4 nitrogen and oxygen atoms in total. The molecular weight excluding hydrogens is 336 g/mol. The van der Waals surface area contributed by atoms with Crippen LogP contribution < -0.4 is 0 Å². The van der Waals surface area contributed by atoms with Crippen LogP contribution in [0.4, 0.5) is 0 Å². The molecule has 0 spiro atoms. The monoisotopic (exact) mass is 366 g/mol. The number of ketones is 1. The van der Waals surface area contributed by atoms with Crippen LogP contribution >= 0.6 is 0 Å². The largest absolute Gasteiger partial charge is 0.299 e. The van der Waals surface area contributed by atoms with Crippen molar-refractivity contribution in [3.63, 3.8) is 0 Å². The van der Waals surface area contributed by atoms with E-state index in [4.69, 9.17) is 0 Å². The Kier molecular flexibility index (Phi) is 4.01. The number of carbonyl (C=O) groups excluding carboxylic acids is 1. The molecule has 0 saturated heterocycles. The first kappa shape index (κ1) is 17.7. The first-order valence-electron chi connectivity index (χ1n) is 9.81. The van der Waals surface area contributed by atoms with Gasteiger partial charge in [0, 0.05) is 11.8 Å². The van der Waals surface area contributed by atoms with Gasteiger partial charge in [-0.15, -0.1) is 0 Å². The average molecular weight is 367 g/mol. The standard InChI is InChI=1S/C20H30O4S/c1-19-9-7-13(12-25(22,23)24)11-14(19)3-4-15-16-5-6-18(21)20(16,2)10-8-17(15)19/h3,13,15-17H,4-12H2,1-2H3,(H,22,23,24)/t13-,15-,16-,17-,19-,20-/m0/s1. The Bertz CT molecular complexity index is 724. The zero-order valence-corrected chi connectivity index (χ0v) is 16.1. The van der Waals surface area contributed by atoms with Crippen molar-refractivity contribution in [2.24, 2.45) is 34.5 Å². The summed E-state index contributed by atoms with van der Waals surface area (Å²) < 4.78 is 31.7. The van der Waals surface area contributed by atoms with Crippen LogP contribution in [-0.2, 0) is 14.9 Å². The Labute approximate surface area is 151 Å². The maximum Gasteiger partial charge on any atom is 0.265 e. The van der Waals surface area contributed by atoms with Crippen LogP contribution in [0.1, 0.15) is 65.2 Å². The number of hydrogen-bond donors (Lipinski definition) is 1. The van der Waals surface area contributed by atoms with E-state index in [-0.39, 0.29) is 22.5 Å². The highest BCUT2D eigenvalue weighted by atomic mass is 32.2. The zero-order valence-electron chi connectivity index (χ0n) is 15.3. The second-order valence-corrected chi connectivity index (χ2v) is 11.0. The SMILES string of the molecule is C[C@]12CC[C@H](CS(=O)(=O)O)CC1=CC[C@@H]1[C@@H]2CC[C@]2(C)C(=O)CC[C@@H]12. The van der Waals surface area contributed by atoms with Crippen molar-refractivity contribution in [2.75, 3.05) is 5.75 Å². The molecule has 0 radical (unpaired) electrons. The van der Waals surface area contributed by atoms with E-state index in [1.54, 1.807) is 0 Å². The summed E-state index contributed by atoms with van der Waals surface area (Å²) in [4.78, 5) is 12.4. The molecular formula is C20H30O4S. The lowest BCUT2D eigenvalue weighted by Crippen LogP contribution is -2.50. The number of fused-ring (bicyclic) bond motifs is 5. The summed E-state index contributed by atoms with van der Waals surface area (Å²) in [6.07, 6.45) is 10.1. The summed E-state index contributed by atoms with van der Waals surface area (Å²) in [7, 11) is -3.90. The Balaban J connectivity index is 1.59. The summed E-state index contributed by atoms with van der Waals surface area (Å²) >= 11 is 0. The Morgan fingerprint density at radius 3 is 2.52 bits per heavy atom. The van der Waals surface area contributed by atoms with Gasteiger partial charge in [0.2, 0.25) is 0 Å². The fourth-order valence-corrected chi connectivity index (χ4v) is 7.83. The highest BCUT2D eigenvalue weighted by Crippen LogP contribution is 2.64. The van der Waals surface area contributed by atoms with Gasteiger partial charge in [0.05, 0.1) is 5.75 Å². The molecule has 0 bridgehead atoms. The van der Waals surface area contributed by atoms with Crippen molar-refractivity contribution in [2.45, 2.75) is 65.2 Å². The van der Waals surface area contributed by atoms with Gasteiger partial charge >= 0.3 is 0 Å². The molecule has 0 amide bonds. The van der Waals surface area contributed by atoms with Gasteiger partial charge in [0.1, 0.15) is 5.78 Å². The third kappa shape index (κ3) is 2.73. The quantitative estimate of drug-likeness (QED) is 0.592. The van der Waals surface area contributed by atoms with Gasteiger partial charge in [0.25, 0.3) is 10.1 Å². The highest BCUT2D eigenvalue weighted by Gasteiger charge is 2.58. The van der Waals surface area contributed by atoms with Gasteiger partial charge in [-0.1, -0.05) is 25.5 Å². The van der Waals surface area contributed by atoms with Crippen molar-refractivity contribution in [3.05, 3.63) is 11.6 Å². The lowest BCUT2D eigenvalue weighted by Gasteiger charge is -2.57. The van der Waals surface area contributed by atoms with Crippen molar-refractivity contribution < 1.29 is 17.8 Å². The molecule has 5 heteroatoms. The van der Waals surface area contributed by atoms with E-state index >= 15 is 0 Å². The minimum absolute atomic E-state index is 0.0489. The third-order valence-corrected chi connectivity index (χ3v) is 9.25. The molecule has 25 heavy (non-hydrogen) atoms. The zero-order chi connectivity index (χ0) is 18.0. The number of allylic oxidation sites excluding steroid dienone is 2. The van der Waals surface area contributed by atoms with E-state index in [0.717, 1.165) is 51.4 Å². The van der Waals surface area contributed by atoms with Crippen LogP contribution in [0, 0.1) is 34.5 Å². The molecule has 4 aliphatic rings. The molecule has 6 atom stereocenters. The number of hydrogen-bond acceptors (Lipinski definition) is 3. The maximum absolute atomic E-state index is 12.4. The predicted octanol–water partition coefficient (Wildman–Crippen LogP) is 4.02. The molecule has 140 valence electrons. The van der Waals surface area contributed by atoms with E-state index in [2.05, 4.69) is 19.9 Å². The molecule has 4 rings (SSSR count). The third-order valence-electron chi connectivity index (χ3n) is 8.36. The Morgan fingerprint density at radius 2 is 1.80 bits per heavy atom. The van der Waals surface area contributed by atoms with Gasteiger partial charge in [0.15, 0.2) is 0 Å². The summed E-state index contributed by atoms with van der Waals surface area (Å²) in [6.45, 7) is 4.58. The normalized spacial score (nSPS) is 46.8. The number of carbonyl (C=O) groups is 1. The molecule has 1 N–H and O–H groups in total. The summed E-state index contributed by atoms with van der Waals surface area (Å²) in [6, 6.07) is 0. The van der Waals surface area contributed by atoms with Crippen LogP contribution in [0.15, 0.2) is 11.6 Å². The molecule has 0 aliphatic heterocycles. The summed E-state index contributed by atoms with van der Waals surface area (Å²) in [5.41, 5.74) is 1.48. The molecule has 0 aromatic carbocycles. The molecule has 0 heterocycles. The van der Waals surface area contributed by atoms with Crippen molar-refractivity contribution >= 4 is 15.9 Å². The Hall–Kier alpha value is -0.680. The van der Waals surface area contributed by atoms with Crippen LogP contribution in [0.5, 0.6) is 0 Å². The average Bonchev–Trinajstić information content (AvgIpc) is 2.82. The van der Waals surface area contributed by atoms with Crippen LogP contribution in [0.2, 0.25) is 0 Å². The van der Waals surface area contributed by atoms with Crippen LogP contribution in [0.3, 0.4) is 0 Å². The van der Waals surface area contributed by atoms with Gasteiger partial charge in [-0.2, -0.15) is 8.42 Å². The van der Waals surface area contributed by atoms with Gasteiger partial charge in [-0.05, 0) is 74.0 Å². The van der Waals surface area contributed by atoms with Crippen LogP contribution in [-0.4, -0.2) is 24.5 Å². The van der Waals surface area contributed by atoms with Crippen molar-refractivity contribution in [1.29, 1.82) is 0 Å². The first-order valence-corrected chi connectivity index (χ1v) is 11.4. The molecule has 0 aromatic heterocycles. The molecule has 3 fully saturated rings. The molecule has 0 unspecified atom stereocenters. The summed E-state index contributed by atoms with van der Waals surface area (Å²) in [5, 5.41) is 0. The molecule has 0 aromatic rings. The Morgan fingerprint density at radius 1 is 1.12 bits per heavy atom. The fraction of sp³-hybridized carbons (Fsp3) is 0.850. The minimum Gasteiger partial charge on any atom is -0.299 e. The predicted molar refractivity (Wildman–Crippen MR) is 96.6 cm³/mol. The van der Waals surface area contributed by atoms with Crippen molar-refractivity contribution in [3.8, 4) is 0 Å². The molecule has 4 aliphatic carbocycles. The van der Waals surface area contributed by atoms with E-state index in [9.17, 15) is 17.8 Å². The van der Waals surface area contributed by atoms with Gasteiger partial charge in [-0.3, -0.25) is 9.35 Å². The maximum atomic E-state index is 12.4.